The van der Waals surface area contributed by atoms with Gasteiger partial charge >= 0.3 is 5.97 Å². The van der Waals surface area contributed by atoms with Crippen LogP contribution in [0.15, 0.2) is 48.5 Å². The third-order valence-electron chi connectivity index (χ3n) is 2.88. The maximum atomic E-state index is 11.6. The van der Waals surface area contributed by atoms with Crippen molar-refractivity contribution in [1.29, 1.82) is 0 Å². The van der Waals surface area contributed by atoms with Gasteiger partial charge in [0.15, 0.2) is 6.10 Å². The van der Waals surface area contributed by atoms with E-state index in [0.29, 0.717) is 5.56 Å². The van der Waals surface area contributed by atoms with Gasteiger partial charge in [-0.05, 0) is 23.8 Å². The standard InChI is InChI=1S/C14H10O3/c15-10-7-5-9(6-8-10)13-11-3-1-2-4-12(11)14(16)17-13/h1-8,13,15H. The number of carbonyl (C=O) groups excluding carboxylic acids is 1. The topological polar surface area (TPSA) is 46.5 Å². The molecule has 0 spiro atoms. The van der Waals surface area contributed by atoms with E-state index in [1.54, 1.807) is 30.3 Å². The van der Waals surface area contributed by atoms with Gasteiger partial charge in [0.2, 0.25) is 0 Å². The Labute approximate surface area is 98.3 Å². The number of phenolic OH excluding ortho intramolecular Hbond substituents is 1. The third kappa shape index (κ3) is 1.56. The predicted octanol–water partition coefficient (Wildman–Crippen LogP) is 2.65. The zero-order chi connectivity index (χ0) is 11.8. The molecule has 0 saturated heterocycles. The number of fused-ring (bicyclic) bond motifs is 1. The van der Waals surface area contributed by atoms with Gasteiger partial charge in [-0.3, -0.25) is 0 Å². The first kappa shape index (κ1) is 9.90. The molecule has 84 valence electrons. The van der Waals surface area contributed by atoms with Crippen LogP contribution in [0.2, 0.25) is 0 Å². The molecule has 0 aliphatic carbocycles. The maximum absolute atomic E-state index is 11.6. The van der Waals surface area contributed by atoms with E-state index >= 15 is 0 Å². The first-order valence-corrected chi connectivity index (χ1v) is 5.34. The second-order valence-corrected chi connectivity index (χ2v) is 3.96. The van der Waals surface area contributed by atoms with Crippen LogP contribution < -0.4 is 0 Å². The monoisotopic (exact) mass is 226 g/mol. The highest BCUT2D eigenvalue weighted by Gasteiger charge is 2.31. The average molecular weight is 226 g/mol. The molecule has 0 radical (unpaired) electrons. The highest BCUT2D eigenvalue weighted by molar-refractivity contribution is 5.94. The van der Waals surface area contributed by atoms with Crippen LogP contribution in [0.1, 0.15) is 27.6 Å². The Morgan fingerprint density at radius 1 is 1.00 bits per heavy atom. The number of aromatic hydroxyl groups is 1. The first-order valence-electron chi connectivity index (χ1n) is 5.34. The lowest BCUT2D eigenvalue weighted by Gasteiger charge is -2.10. The summed E-state index contributed by atoms with van der Waals surface area (Å²) in [5.74, 6) is -0.0926. The van der Waals surface area contributed by atoms with Gasteiger partial charge in [-0.1, -0.05) is 30.3 Å². The lowest BCUT2D eigenvalue weighted by molar-refractivity contribution is 0.0456. The van der Waals surface area contributed by atoms with E-state index in [1.807, 2.05) is 18.2 Å². The fourth-order valence-corrected chi connectivity index (χ4v) is 2.04. The molecule has 0 saturated carbocycles. The Morgan fingerprint density at radius 2 is 1.71 bits per heavy atom. The molecule has 1 N–H and O–H groups in total. The minimum Gasteiger partial charge on any atom is -0.508 e. The van der Waals surface area contributed by atoms with Crippen LogP contribution in [0.3, 0.4) is 0 Å². The fraction of sp³-hybridized carbons (Fsp3) is 0.0714. The number of rotatable bonds is 1. The largest absolute Gasteiger partial charge is 0.508 e. The molecule has 2 aromatic rings. The highest BCUT2D eigenvalue weighted by atomic mass is 16.5. The SMILES string of the molecule is O=C1OC(c2ccc(O)cc2)c2ccccc21. The molecule has 0 amide bonds. The zero-order valence-electron chi connectivity index (χ0n) is 8.96. The Hall–Kier alpha value is -2.29. The maximum Gasteiger partial charge on any atom is 0.339 e. The zero-order valence-corrected chi connectivity index (χ0v) is 8.96. The number of esters is 1. The molecule has 1 heterocycles. The van der Waals surface area contributed by atoms with Crippen LogP contribution in [0, 0.1) is 0 Å². The number of hydrogen-bond donors (Lipinski definition) is 1. The van der Waals surface area contributed by atoms with E-state index in [0.717, 1.165) is 11.1 Å². The Balaban J connectivity index is 2.07. The molecule has 3 rings (SSSR count). The lowest BCUT2D eigenvalue weighted by atomic mass is 9.99. The van der Waals surface area contributed by atoms with Crippen molar-refractivity contribution in [2.75, 3.05) is 0 Å². The number of phenols is 1. The normalized spacial score (nSPS) is 17.6. The number of cyclic esters (lactones) is 1. The Bertz CT molecular complexity index is 572. The van der Waals surface area contributed by atoms with Crippen LogP contribution in [-0.4, -0.2) is 11.1 Å². The molecular formula is C14H10O3. The van der Waals surface area contributed by atoms with Crippen molar-refractivity contribution in [3.05, 3.63) is 65.2 Å². The number of ether oxygens (including phenoxy) is 1. The molecule has 0 bridgehead atoms. The highest BCUT2D eigenvalue weighted by Crippen LogP contribution is 2.35. The summed E-state index contributed by atoms with van der Waals surface area (Å²) in [6, 6.07) is 14.0. The van der Waals surface area contributed by atoms with Crippen molar-refractivity contribution >= 4 is 5.97 Å². The van der Waals surface area contributed by atoms with Crippen molar-refractivity contribution in [2.24, 2.45) is 0 Å². The molecule has 1 atom stereocenters. The number of benzene rings is 2. The first-order chi connectivity index (χ1) is 8.25. The molecule has 2 aromatic carbocycles. The molecule has 3 heteroatoms. The summed E-state index contributed by atoms with van der Waals surface area (Å²) in [5.41, 5.74) is 2.36. The van der Waals surface area contributed by atoms with Crippen LogP contribution in [0.5, 0.6) is 5.75 Å². The smallest absolute Gasteiger partial charge is 0.339 e. The minimum absolute atomic E-state index is 0.200. The second-order valence-electron chi connectivity index (χ2n) is 3.96. The molecule has 0 aromatic heterocycles. The van der Waals surface area contributed by atoms with Gasteiger partial charge < -0.3 is 9.84 Å². The van der Waals surface area contributed by atoms with E-state index in [4.69, 9.17) is 4.74 Å². The van der Waals surface area contributed by atoms with Gasteiger partial charge in [0.05, 0.1) is 5.56 Å². The van der Waals surface area contributed by atoms with Crippen molar-refractivity contribution in [3.63, 3.8) is 0 Å². The number of carbonyl (C=O) groups is 1. The van der Waals surface area contributed by atoms with Gasteiger partial charge in [-0.15, -0.1) is 0 Å². The quantitative estimate of drug-likeness (QED) is 0.760. The van der Waals surface area contributed by atoms with E-state index in [9.17, 15) is 9.90 Å². The van der Waals surface area contributed by atoms with E-state index in [-0.39, 0.29) is 17.8 Å². The molecule has 1 unspecified atom stereocenters. The predicted molar refractivity (Wildman–Crippen MR) is 61.8 cm³/mol. The van der Waals surface area contributed by atoms with Gasteiger partial charge in [0, 0.05) is 5.56 Å². The molecule has 0 fully saturated rings. The summed E-state index contributed by atoms with van der Waals surface area (Å²) in [7, 11) is 0. The number of hydrogen-bond acceptors (Lipinski definition) is 3. The summed E-state index contributed by atoms with van der Waals surface area (Å²) in [5, 5.41) is 9.24. The van der Waals surface area contributed by atoms with Crippen LogP contribution in [0.4, 0.5) is 0 Å². The van der Waals surface area contributed by atoms with E-state index in [2.05, 4.69) is 0 Å². The third-order valence-corrected chi connectivity index (χ3v) is 2.88. The average Bonchev–Trinajstić information content (AvgIpc) is 2.69. The van der Waals surface area contributed by atoms with Crippen molar-refractivity contribution in [3.8, 4) is 5.75 Å². The summed E-state index contributed by atoms with van der Waals surface area (Å²) in [4.78, 5) is 11.6. The van der Waals surface area contributed by atoms with E-state index < -0.39 is 0 Å². The van der Waals surface area contributed by atoms with Crippen LogP contribution in [0.25, 0.3) is 0 Å². The minimum atomic E-state index is -0.362. The Kier molecular flexibility index (Phi) is 2.11. The van der Waals surface area contributed by atoms with E-state index in [1.165, 1.54) is 0 Å². The lowest BCUT2D eigenvalue weighted by Crippen LogP contribution is -2.00. The van der Waals surface area contributed by atoms with Crippen LogP contribution in [-0.2, 0) is 4.74 Å². The van der Waals surface area contributed by atoms with Gasteiger partial charge in [-0.2, -0.15) is 0 Å². The van der Waals surface area contributed by atoms with Crippen molar-refractivity contribution < 1.29 is 14.6 Å². The summed E-state index contributed by atoms with van der Waals surface area (Å²) in [6.45, 7) is 0. The molecule has 1 aliphatic heterocycles. The van der Waals surface area contributed by atoms with Gasteiger partial charge in [-0.25, -0.2) is 4.79 Å². The van der Waals surface area contributed by atoms with Crippen molar-refractivity contribution in [1.82, 2.24) is 0 Å². The molecular weight excluding hydrogens is 216 g/mol. The van der Waals surface area contributed by atoms with Gasteiger partial charge in [0.25, 0.3) is 0 Å². The summed E-state index contributed by atoms with van der Waals surface area (Å²) >= 11 is 0. The molecule has 3 nitrogen and oxygen atoms in total. The van der Waals surface area contributed by atoms with Gasteiger partial charge in [0.1, 0.15) is 5.75 Å². The molecule has 17 heavy (non-hydrogen) atoms. The summed E-state index contributed by atoms with van der Waals surface area (Å²) in [6.07, 6.45) is -0.362. The molecule has 1 aliphatic rings. The van der Waals surface area contributed by atoms with Crippen LogP contribution >= 0.6 is 0 Å². The van der Waals surface area contributed by atoms with Crippen molar-refractivity contribution in [2.45, 2.75) is 6.10 Å². The summed E-state index contributed by atoms with van der Waals surface area (Å²) < 4.78 is 5.34. The fourth-order valence-electron chi connectivity index (χ4n) is 2.04. The Morgan fingerprint density at radius 3 is 2.47 bits per heavy atom. The second kappa shape index (κ2) is 3.63.